The number of hydrogen-bond acceptors (Lipinski definition) is 1. The lowest BCUT2D eigenvalue weighted by molar-refractivity contribution is -0.125. The summed E-state index contributed by atoms with van der Waals surface area (Å²) in [6, 6.07) is 0. The lowest BCUT2D eigenvalue weighted by atomic mass is 9.76. The van der Waals surface area contributed by atoms with E-state index in [9.17, 15) is 4.79 Å². The van der Waals surface area contributed by atoms with Gasteiger partial charge in [-0.25, -0.2) is 0 Å². The smallest absolute Gasteiger partial charge is 0.136 e. The molecule has 0 amide bonds. The van der Waals surface area contributed by atoms with Crippen LogP contribution in [0, 0.1) is 11.3 Å². The molecule has 0 fully saturated rings. The van der Waals surface area contributed by atoms with Gasteiger partial charge in [0.1, 0.15) is 5.78 Å². The highest BCUT2D eigenvalue weighted by Crippen LogP contribution is 2.29. The Hall–Kier alpha value is -0.330. The monoisotopic (exact) mass is 156 g/mol. The highest BCUT2D eigenvalue weighted by Gasteiger charge is 2.27. The largest absolute Gasteiger partial charge is 0.299 e. The molecule has 0 N–H and O–H groups in total. The van der Waals surface area contributed by atoms with E-state index in [0.29, 0.717) is 12.2 Å². The van der Waals surface area contributed by atoms with Gasteiger partial charge in [0.25, 0.3) is 0 Å². The quantitative estimate of drug-likeness (QED) is 0.614. The molecule has 0 spiro atoms. The maximum atomic E-state index is 11.4. The summed E-state index contributed by atoms with van der Waals surface area (Å²) in [4.78, 5) is 11.4. The van der Waals surface area contributed by atoms with Crippen LogP contribution in [0.2, 0.25) is 0 Å². The van der Waals surface area contributed by atoms with Crippen molar-refractivity contribution < 1.29 is 4.79 Å². The van der Waals surface area contributed by atoms with Crippen LogP contribution in [0.1, 0.15) is 47.5 Å². The van der Waals surface area contributed by atoms with Crippen LogP contribution in [-0.4, -0.2) is 5.78 Å². The van der Waals surface area contributed by atoms with Crippen molar-refractivity contribution in [2.75, 3.05) is 0 Å². The van der Waals surface area contributed by atoms with Crippen LogP contribution in [0.3, 0.4) is 0 Å². The molecular formula is C10H20O. The molecule has 1 atom stereocenters. The van der Waals surface area contributed by atoms with Gasteiger partial charge < -0.3 is 0 Å². The first-order valence-corrected chi connectivity index (χ1v) is 4.46. The number of carbonyl (C=O) groups excluding carboxylic acids is 1. The van der Waals surface area contributed by atoms with Crippen molar-refractivity contribution in [2.45, 2.75) is 47.5 Å². The van der Waals surface area contributed by atoms with Gasteiger partial charge in [0.15, 0.2) is 0 Å². The molecule has 0 heterocycles. The van der Waals surface area contributed by atoms with Crippen LogP contribution in [0.25, 0.3) is 0 Å². The van der Waals surface area contributed by atoms with Gasteiger partial charge in [-0.05, 0) is 11.8 Å². The topological polar surface area (TPSA) is 17.1 Å². The van der Waals surface area contributed by atoms with Crippen molar-refractivity contribution in [3.05, 3.63) is 0 Å². The van der Waals surface area contributed by atoms with Crippen LogP contribution in [0.5, 0.6) is 0 Å². The summed E-state index contributed by atoms with van der Waals surface area (Å²) in [5.74, 6) is 0.646. The second kappa shape index (κ2) is 3.89. The number of Topliss-reactive ketones (excluding diaryl/α,β-unsaturated/α-hetero) is 1. The maximum absolute atomic E-state index is 11.4. The molecule has 11 heavy (non-hydrogen) atoms. The van der Waals surface area contributed by atoms with Crippen molar-refractivity contribution in [3.63, 3.8) is 0 Å². The Bertz CT molecular complexity index is 130. The average Bonchev–Trinajstić information content (AvgIpc) is 1.86. The standard InChI is InChI=1S/C10H20O/c1-6-8(9(11)7-2)10(3,4)5/h8H,6-7H2,1-5H3. The minimum absolute atomic E-state index is 0.141. The average molecular weight is 156 g/mol. The minimum Gasteiger partial charge on any atom is -0.299 e. The van der Waals surface area contributed by atoms with Gasteiger partial charge in [-0.1, -0.05) is 34.6 Å². The van der Waals surface area contributed by atoms with Gasteiger partial charge in [-0.15, -0.1) is 0 Å². The normalized spacial score (nSPS) is 14.6. The molecule has 66 valence electrons. The van der Waals surface area contributed by atoms with Gasteiger partial charge in [0, 0.05) is 12.3 Å². The molecule has 1 nitrogen and oxygen atoms in total. The van der Waals surface area contributed by atoms with Crippen molar-refractivity contribution >= 4 is 5.78 Å². The van der Waals surface area contributed by atoms with Gasteiger partial charge in [0.05, 0.1) is 0 Å². The van der Waals surface area contributed by atoms with E-state index in [1.54, 1.807) is 0 Å². The summed E-state index contributed by atoms with van der Waals surface area (Å²) in [6.45, 7) is 10.4. The predicted octanol–water partition coefficient (Wildman–Crippen LogP) is 3.04. The van der Waals surface area contributed by atoms with Crippen molar-refractivity contribution in [1.82, 2.24) is 0 Å². The summed E-state index contributed by atoms with van der Waals surface area (Å²) in [5, 5.41) is 0. The highest BCUT2D eigenvalue weighted by atomic mass is 16.1. The SMILES string of the molecule is CCC(=O)C(CC)C(C)(C)C. The zero-order chi connectivity index (χ0) is 9.07. The Morgan fingerprint density at radius 3 is 1.82 bits per heavy atom. The minimum atomic E-state index is 0.141. The van der Waals surface area contributed by atoms with Gasteiger partial charge in [-0.3, -0.25) is 4.79 Å². The Morgan fingerprint density at radius 1 is 1.27 bits per heavy atom. The van der Waals surface area contributed by atoms with Crippen molar-refractivity contribution in [1.29, 1.82) is 0 Å². The summed E-state index contributed by atoms with van der Waals surface area (Å²) in [7, 11) is 0. The van der Waals surface area contributed by atoms with E-state index in [1.165, 1.54) is 0 Å². The molecule has 0 aromatic carbocycles. The maximum Gasteiger partial charge on any atom is 0.136 e. The summed E-state index contributed by atoms with van der Waals surface area (Å²) < 4.78 is 0. The van der Waals surface area contributed by atoms with E-state index in [0.717, 1.165) is 6.42 Å². The first-order valence-electron chi connectivity index (χ1n) is 4.46. The number of carbonyl (C=O) groups is 1. The summed E-state index contributed by atoms with van der Waals surface area (Å²) >= 11 is 0. The molecule has 0 rings (SSSR count). The third-order valence-corrected chi connectivity index (χ3v) is 2.19. The van der Waals surface area contributed by atoms with Crippen LogP contribution >= 0.6 is 0 Å². The molecular weight excluding hydrogens is 136 g/mol. The fourth-order valence-corrected chi connectivity index (χ4v) is 1.57. The van der Waals surface area contributed by atoms with E-state index in [2.05, 4.69) is 27.7 Å². The lowest BCUT2D eigenvalue weighted by Gasteiger charge is -2.28. The van der Waals surface area contributed by atoms with Gasteiger partial charge >= 0.3 is 0 Å². The van der Waals surface area contributed by atoms with Gasteiger partial charge in [-0.2, -0.15) is 0 Å². The summed E-state index contributed by atoms with van der Waals surface area (Å²) in [5.41, 5.74) is 0.141. The summed E-state index contributed by atoms with van der Waals surface area (Å²) in [6.07, 6.45) is 1.64. The van der Waals surface area contributed by atoms with Crippen LogP contribution in [-0.2, 0) is 4.79 Å². The van der Waals surface area contributed by atoms with Crippen LogP contribution < -0.4 is 0 Å². The first-order chi connectivity index (χ1) is 4.93. The van der Waals surface area contributed by atoms with E-state index in [-0.39, 0.29) is 11.3 Å². The van der Waals surface area contributed by atoms with Gasteiger partial charge in [0.2, 0.25) is 0 Å². The predicted molar refractivity (Wildman–Crippen MR) is 48.5 cm³/mol. The number of ketones is 1. The molecule has 0 saturated heterocycles. The molecule has 0 aliphatic carbocycles. The van der Waals surface area contributed by atoms with E-state index < -0.39 is 0 Å². The molecule has 0 aliphatic rings. The third kappa shape index (κ3) is 3.04. The molecule has 0 aromatic heterocycles. The van der Waals surface area contributed by atoms with E-state index in [1.807, 2.05) is 6.92 Å². The molecule has 0 bridgehead atoms. The first kappa shape index (κ1) is 10.7. The molecule has 0 radical (unpaired) electrons. The number of hydrogen-bond donors (Lipinski definition) is 0. The second-order valence-electron chi connectivity index (χ2n) is 4.15. The molecule has 0 aromatic rings. The van der Waals surface area contributed by atoms with Crippen LogP contribution in [0.15, 0.2) is 0 Å². The van der Waals surface area contributed by atoms with Crippen molar-refractivity contribution in [3.8, 4) is 0 Å². The molecule has 1 unspecified atom stereocenters. The third-order valence-electron chi connectivity index (χ3n) is 2.19. The molecule has 1 heteroatoms. The fraction of sp³-hybridized carbons (Fsp3) is 0.900. The molecule has 0 aliphatic heterocycles. The fourth-order valence-electron chi connectivity index (χ4n) is 1.57. The Morgan fingerprint density at radius 2 is 1.73 bits per heavy atom. The lowest BCUT2D eigenvalue weighted by Crippen LogP contribution is -2.27. The van der Waals surface area contributed by atoms with Crippen molar-refractivity contribution in [2.24, 2.45) is 11.3 Å². The van der Waals surface area contributed by atoms with Crippen LogP contribution in [0.4, 0.5) is 0 Å². The van der Waals surface area contributed by atoms with E-state index >= 15 is 0 Å². The molecule has 0 saturated carbocycles. The number of rotatable bonds is 3. The van der Waals surface area contributed by atoms with E-state index in [4.69, 9.17) is 0 Å². The second-order valence-corrected chi connectivity index (χ2v) is 4.15. The Labute approximate surface area is 70.2 Å². The highest BCUT2D eigenvalue weighted by molar-refractivity contribution is 5.81. The Kier molecular flexibility index (Phi) is 3.77. The Balaban J connectivity index is 4.29. The zero-order valence-electron chi connectivity index (χ0n) is 8.40. The zero-order valence-corrected chi connectivity index (χ0v) is 8.40.